The fourth-order valence-corrected chi connectivity index (χ4v) is 2.43. The van der Waals surface area contributed by atoms with E-state index in [9.17, 15) is 0 Å². The zero-order chi connectivity index (χ0) is 12.6. The normalized spacial score (nSPS) is 18.1. The first kappa shape index (κ1) is 13.5. The molecular formula is C15H25N3. The minimum absolute atomic E-state index is 0.887. The van der Waals surface area contributed by atoms with Crippen molar-refractivity contribution in [3.05, 3.63) is 30.1 Å². The number of nitrogens with one attached hydrogen (secondary N) is 1. The molecule has 3 nitrogen and oxygen atoms in total. The molecule has 1 aliphatic rings. The van der Waals surface area contributed by atoms with Crippen LogP contribution >= 0.6 is 0 Å². The topological polar surface area (TPSA) is 28.2 Å². The Kier molecular flexibility index (Phi) is 5.62. The van der Waals surface area contributed by atoms with Crippen molar-refractivity contribution in [3.63, 3.8) is 0 Å². The highest BCUT2D eigenvalue weighted by atomic mass is 15.1. The van der Waals surface area contributed by atoms with Gasteiger partial charge in [0.15, 0.2) is 0 Å². The highest BCUT2D eigenvalue weighted by Crippen LogP contribution is 2.15. The molecular weight excluding hydrogens is 222 g/mol. The molecule has 0 atom stereocenters. The molecule has 100 valence electrons. The zero-order valence-electron chi connectivity index (χ0n) is 11.4. The fourth-order valence-electron chi connectivity index (χ4n) is 2.43. The van der Waals surface area contributed by atoms with Crippen LogP contribution in [0.25, 0.3) is 0 Å². The van der Waals surface area contributed by atoms with E-state index < -0.39 is 0 Å². The summed E-state index contributed by atoms with van der Waals surface area (Å²) in [6.45, 7) is 8.16. The van der Waals surface area contributed by atoms with Gasteiger partial charge in [-0.05, 0) is 63.5 Å². The van der Waals surface area contributed by atoms with E-state index >= 15 is 0 Å². The summed E-state index contributed by atoms with van der Waals surface area (Å²) in [6.07, 6.45) is 5.84. The summed E-state index contributed by atoms with van der Waals surface area (Å²) >= 11 is 0. The van der Waals surface area contributed by atoms with Crippen LogP contribution < -0.4 is 5.32 Å². The Morgan fingerprint density at radius 3 is 2.89 bits per heavy atom. The molecule has 1 aromatic rings. The summed E-state index contributed by atoms with van der Waals surface area (Å²) in [7, 11) is 0. The largest absolute Gasteiger partial charge is 0.311 e. The van der Waals surface area contributed by atoms with Gasteiger partial charge in [0.2, 0.25) is 0 Å². The first-order chi connectivity index (χ1) is 8.84. The molecule has 1 aromatic heterocycles. The van der Waals surface area contributed by atoms with E-state index in [1.54, 1.807) is 0 Å². The number of rotatable bonds is 6. The van der Waals surface area contributed by atoms with Crippen LogP contribution in [0.4, 0.5) is 0 Å². The number of hydrogen-bond donors (Lipinski definition) is 1. The van der Waals surface area contributed by atoms with Crippen molar-refractivity contribution >= 4 is 0 Å². The van der Waals surface area contributed by atoms with E-state index in [0.717, 1.165) is 24.7 Å². The molecule has 3 heteroatoms. The Hall–Kier alpha value is -0.930. The molecule has 0 aliphatic carbocycles. The lowest BCUT2D eigenvalue weighted by Crippen LogP contribution is -2.34. The molecule has 18 heavy (non-hydrogen) atoms. The van der Waals surface area contributed by atoms with Crippen LogP contribution in [0, 0.1) is 5.92 Å². The standard InChI is InChI=1S/C15H25N3/c1-14-6-11-18(12-7-14)10-4-8-16-13-15-5-2-3-9-17-15/h2-3,5,9,14,16H,4,6-8,10-13H2,1H3. The van der Waals surface area contributed by atoms with E-state index in [0.29, 0.717) is 0 Å². The lowest BCUT2D eigenvalue weighted by atomic mass is 9.99. The first-order valence-corrected chi connectivity index (χ1v) is 7.17. The van der Waals surface area contributed by atoms with Gasteiger partial charge in [0.1, 0.15) is 0 Å². The quantitative estimate of drug-likeness (QED) is 0.782. The van der Waals surface area contributed by atoms with Crippen LogP contribution in [0.15, 0.2) is 24.4 Å². The third-order valence-electron chi connectivity index (χ3n) is 3.74. The lowest BCUT2D eigenvalue weighted by molar-refractivity contribution is 0.190. The molecule has 0 radical (unpaired) electrons. The molecule has 2 heterocycles. The van der Waals surface area contributed by atoms with Gasteiger partial charge in [0.05, 0.1) is 5.69 Å². The maximum Gasteiger partial charge on any atom is 0.0541 e. The molecule has 0 unspecified atom stereocenters. The van der Waals surface area contributed by atoms with Gasteiger partial charge in [-0.25, -0.2) is 0 Å². The summed E-state index contributed by atoms with van der Waals surface area (Å²) in [4.78, 5) is 6.90. The van der Waals surface area contributed by atoms with Gasteiger partial charge in [-0.2, -0.15) is 0 Å². The summed E-state index contributed by atoms with van der Waals surface area (Å²) in [6, 6.07) is 6.07. The molecule has 2 rings (SSSR count). The van der Waals surface area contributed by atoms with Crippen LogP contribution in [0.1, 0.15) is 31.9 Å². The second-order valence-electron chi connectivity index (χ2n) is 5.38. The molecule has 0 saturated carbocycles. The van der Waals surface area contributed by atoms with Gasteiger partial charge >= 0.3 is 0 Å². The minimum atomic E-state index is 0.887. The summed E-state index contributed by atoms with van der Waals surface area (Å²) < 4.78 is 0. The molecule has 1 N–H and O–H groups in total. The average molecular weight is 247 g/mol. The van der Waals surface area contributed by atoms with Crippen molar-refractivity contribution in [1.82, 2.24) is 15.2 Å². The van der Waals surface area contributed by atoms with Crippen LogP contribution in [0.2, 0.25) is 0 Å². The molecule has 0 amide bonds. The number of pyridine rings is 1. The Morgan fingerprint density at radius 2 is 2.17 bits per heavy atom. The van der Waals surface area contributed by atoms with E-state index in [-0.39, 0.29) is 0 Å². The predicted octanol–water partition coefficient (Wildman–Crippen LogP) is 2.29. The number of hydrogen-bond acceptors (Lipinski definition) is 3. The Bertz CT molecular complexity index is 318. The molecule has 1 fully saturated rings. The van der Waals surface area contributed by atoms with Crippen LogP contribution in [-0.4, -0.2) is 36.1 Å². The highest BCUT2D eigenvalue weighted by molar-refractivity contribution is 5.02. The maximum atomic E-state index is 4.30. The third-order valence-corrected chi connectivity index (χ3v) is 3.74. The van der Waals surface area contributed by atoms with Gasteiger partial charge in [-0.1, -0.05) is 13.0 Å². The van der Waals surface area contributed by atoms with Crippen molar-refractivity contribution < 1.29 is 0 Å². The highest BCUT2D eigenvalue weighted by Gasteiger charge is 2.14. The third kappa shape index (κ3) is 4.75. The van der Waals surface area contributed by atoms with Gasteiger partial charge in [0, 0.05) is 12.7 Å². The fraction of sp³-hybridized carbons (Fsp3) is 0.667. The van der Waals surface area contributed by atoms with Crippen LogP contribution in [-0.2, 0) is 6.54 Å². The van der Waals surface area contributed by atoms with E-state index in [2.05, 4.69) is 28.2 Å². The van der Waals surface area contributed by atoms with E-state index in [4.69, 9.17) is 0 Å². The van der Waals surface area contributed by atoms with Crippen molar-refractivity contribution in [2.75, 3.05) is 26.2 Å². The van der Waals surface area contributed by atoms with Crippen molar-refractivity contribution in [2.24, 2.45) is 5.92 Å². The Labute approximate surface area is 111 Å². The van der Waals surface area contributed by atoms with Crippen molar-refractivity contribution in [2.45, 2.75) is 32.7 Å². The SMILES string of the molecule is CC1CCN(CCCNCc2ccccn2)CC1. The van der Waals surface area contributed by atoms with Crippen LogP contribution in [0.5, 0.6) is 0 Å². The predicted molar refractivity (Wildman–Crippen MR) is 75.4 cm³/mol. The molecule has 0 spiro atoms. The van der Waals surface area contributed by atoms with Gasteiger partial charge in [-0.15, -0.1) is 0 Å². The number of likely N-dealkylation sites (tertiary alicyclic amines) is 1. The van der Waals surface area contributed by atoms with Gasteiger partial charge < -0.3 is 10.2 Å². The zero-order valence-corrected chi connectivity index (χ0v) is 11.4. The van der Waals surface area contributed by atoms with Gasteiger partial charge in [0.25, 0.3) is 0 Å². The summed E-state index contributed by atoms with van der Waals surface area (Å²) in [5.41, 5.74) is 1.13. The van der Waals surface area contributed by atoms with Crippen molar-refractivity contribution in [3.8, 4) is 0 Å². The minimum Gasteiger partial charge on any atom is -0.311 e. The summed E-state index contributed by atoms with van der Waals surface area (Å²) in [5, 5.41) is 3.46. The average Bonchev–Trinajstić information content (AvgIpc) is 2.42. The monoisotopic (exact) mass is 247 g/mol. The number of nitrogens with zero attached hydrogens (tertiary/aromatic N) is 2. The molecule has 1 saturated heterocycles. The lowest BCUT2D eigenvalue weighted by Gasteiger charge is -2.30. The summed E-state index contributed by atoms with van der Waals surface area (Å²) in [5.74, 6) is 0.934. The second kappa shape index (κ2) is 7.49. The Morgan fingerprint density at radius 1 is 1.33 bits per heavy atom. The van der Waals surface area contributed by atoms with Crippen LogP contribution in [0.3, 0.4) is 0 Å². The number of piperidine rings is 1. The maximum absolute atomic E-state index is 4.30. The van der Waals surface area contributed by atoms with Crippen molar-refractivity contribution in [1.29, 1.82) is 0 Å². The Balaban J connectivity index is 1.51. The molecule has 0 aromatic carbocycles. The second-order valence-corrected chi connectivity index (χ2v) is 5.38. The van der Waals surface area contributed by atoms with E-state index in [1.807, 2.05) is 18.3 Å². The first-order valence-electron chi connectivity index (χ1n) is 7.17. The number of aromatic nitrogens is 1. The molecule has 1 aliphatic heterocycles. The van der Waals surface area contributed by atoms with Gasteiger partial charge in [-0.3, -0.25) is 4.98 Å². The van der Waals surface area contributed by atoms with E-state index in [1.165, 1.54) is 38.9 Å². The smallest absolute Gasteiger partial charge is 0.0541 e. The molecule has 0 bridgehead atoms.